The molecule has 2 rings (SSSR count). The molecule has 9 heteroatoms. The van der Waals surface area contributed by atoms with Crippen LogP contribution in [0.25, 0.3) is 6.08 Å². The lowest BCUT2D eigenvalue weighted by molar-refractivity contribution is -0.148. The molecule has 2 amide bonds. The quantitative estimate of drug-likeness (QED) is 0.342. The number of nitriles is 1. The number of amides is 2. The lowest BCUT2D eigenvalue weighted by Gasteiger charge is -2.13. The fraction of sp³-hybridized carbons (Fsp3) is 0.333. The number of carbonyl (C=O) groups is 3. The number of nitrogens with zero attached hydrogens (tertiary/aromatic N) is 2. The minimum atomic E-state index is -1.13. The molecular formula is C24H28N4O5. The van der Waals surface area contributed by atoms with Crippen molar-refractivity contribution in [3.8, 4) is 6.07 Å². The van der Waals surface area contributed by atoms with Crippen molar-refractivity contribution in [3.63, 3.8) is 0 Å². The van der Waals surface area contributed by atoms with Crippen LogP contribution in [0, 0.1) is 25.2 Å². The van der Waals surface area contributed by atoms with Gasteiger partial charge in [0, 0.05) is 43.3 Å². The molecule has 2 N–H and O–H groups in total. The van der Waals surface area contributed by atoms with Gasteiger partial charge in [-0.2, -0.15) is 5.26 Å². The number of nitrogens with one attached hydrogen (secondary N) is 2. The zero-order valence-electron chi connectivity index (χ0n) is 19.4. The highest BCUT2D eigenvalue weighted by Crippen LogP contribution is 2.19. The highest BCUT2D eigenvalue weighted by atomic mass is 16.5. The molecular weight excluding hydrogens is 424 g/mol. The molecule has 0 spiro atoms. The van der Waals surface area contributed by atoms with Gasteiger partial charge in [-0.25, -0.2) is 4.79 Å². The first-order valence-corrected chi connectivity index (χ1v) is 10.3. The van der Waals surface area contributed by atoms with Crippen LogP contribution in [0.5, 0.6) is 0 Å². The van der Waals surface area contributed by atoms with Crippen molar-refractivity contribution in [1.29, 1.82) is 5.26 Å². The number of methoxy groups -OCH3 is 1. The van der Waals surface area contributed by atoms with Crippen molar-refractivity contribution in [1.82, 2.24) is 4.57 Å². The molecule has 1 atom stereocenters. The van der Waals surface area contributed by atoms with E-state index in [1.165, 1.54) is 19.9 Å². The topological polar surface area (TPSA) is 122 Å². The first kappa shape index (κ1) is 25.4. The third-order valence-corrected chi connectivity index (χ3v) is 4.90. The van der Waals surface area contributed by atoms with Gasteiger partial charge in [0.1, 0.15) is 11.6 Å². The van der Waals surface area contributed by atoms with Crippen molar-refractivity contribution in [2.75, 3.05) is 24.4 Å². The van der Waals surface area contributed by atoms with Crippen LogP contribution in [-0.2, 0) is 30.4 Å². The zero-order chi connectivity index (χ0) is 24.5. The fourth-order valence-corrected chi connectivity index (χ4v) is 3.15. The van der Waals surface area contributed by atoms with Gasteiger partial charge in [-0.1, -0.05) is 0 Å². The molecule has 1 aromatic carbocycles. The molecule has 0 saturated carbocycles. The van der Waals surface area contributed by atoms with Gasteiger partial charge in [-0.15, -0.1) is 0 Å². The Bertz CT molecular complexity index is 1090. The Morgan fingerprint density at radius 3 is 2.30 bits per heavy atom. The Balaban J connectivity index is 2.05. The first-order chi connectivity index (χ1) is 15.7. The molecule has 1 heterocycles. The summed E-state index contributed by atoms with van der Waals surface area (Å²) in [6, 6.07) is 10.2. The van der Waals surface area contributed by atoms with Crippen LogP contribution in [0.1, 0.15) is 30.8 Å². The van der Waals surface area contributed by atoms with Gasteiger partial charge in [0.15, 0.2) is 6.10 Å². The highest BCUT2D eigenvalue weighted by Gasteiger charge is 2.21. The van der Waals surface area contributed by atoms with E-state index in [-0.39, 0.29) is 11.5 Å². The molecule has 0 aliphatic rings. The lowest BCUT2D eigenvalue weighted by atomic mass is 10.1. The predicted molar refractivity (Wildman–Crippen MR) is 124 cm³/mol. The van der Waals surface area contributed by atoms with Crippen molar-refractivity contribution >= 4 is 35.2 Å². The Morgan fingerprint density at radius 1 is 1.15 bits per heavy atom. The van der Waals surface area contributed by atoms with Crippen molar-refractivity contribution in [2.45, 2.75) is 40.3 Å². The van der Waals surface area contributed by atoms with E-state index in [4.69, 9.17) is 9.47 Å². The zero-order valence-corrected chi connectivity index (χ0v) is 19.4. The SMILES string of the molecule is COCCn1c(C)cc(C=C(C#N)C(=O)OC(C)C(=O)Nc2ccc(NC(C)=O)cc2)c1C. The van der Waals surface area contributed by atoms with Crippen LogP contribution >= 0.6 is 0 Å². The van der Waals surface area contributed by atoms with E-state index in [9.17, 15) is 19.6 Å². The van der Waals surface area contributed by atoms with Crippen LogP contribution in [0.2, 0.25) is 0 Å². The molecule has 9 nitrogen and oxygen atoms in total. The highest BCUT2D eigenvalue weighted by molar-refractivity contribution is 6.01. The average Bonchev–Trinajstić information content (AvgIpc) is 3.03. The summed E-state index contributed by atoms with van der Waals surface area (Å²) in [6.45, 7) is 7.83. The standard InChI is InChI=1S/C24H28N4O5/c1-15-12-19(16(2)28(15)10-11-32-5)13-20(14-25)24(31)33-17(3)23(30)27-22-8-6-21(7-9-22)26-18(4)29/h6-9,12-13,17H,10-11H2,1-5H3,(H,26,29)(H,27,30). The average molecular weight is 453 g/mol. The van der Waals surface area contributed by atoms with Gasteiger partial charge in [0.25, 0.3) is 5.91 Å². The molecule has 174 valence electrons. The fourth-order valence-electron chi connectivity index (χ4n) is 3.15. The van der Waals surface area contributed by atoms with Crippen LogP contribution < -0.4 is 10.6 Å². The molecule has 2 aromatic rings. The van der Waals surface area contributed by atoms with E-state index in [1.807, 2.05) is 30.6 Å². The molecule has 1 unspecified atom stereocenters. The van der Waals surface area contributed by atoms with Gasteiger partial charge in [-0.05, 0) is 62.7 Å². The minimum absolute atomic E-state index is 0.203. The lowest BCUT2D eigenvalue weighted by Crippen LogP contribution is -2.30. The van der Waals surface area contributed by atoms with Gasteiger partial charge in [0.05, 0.1) is 6.61 Å². The number of aryl methyl sites for hydroxylation is 1. The maximum absolute atomic E-state index is 12.5. The molecule has 0 aliphatic heterocycles. The van der Waals surface area contributed by atoms with Gasteiger partial charge < -0.3 is 24.7 Å². The summed E-state index contributed by atoms with van der Waals surface area (Å²) in [4.78, 5) is 36.0. The van der Waals surface area contributed by atoms with Crippen molar-refractivity contribution in [2.24, 2.45) is 0 Å². The molecule has 0 saturated heterocycles. The van der Waals surface area contributed by atoms with E-state index in [1.54, 1.807) is 31.4 Å². The maximum atomic E-state index is 12.5. The molecule has 0 aliphatic carbocycles. The van der Waals surface area contributed by atoms with E-state index in [0.29, 0.717) is 30.1 Å². The van der Waals surface area contributed by atoms with Crippen molar-refractivity contribution in [3.05, 3.63) is 52.9 Å². The summed E-state index contributed by atoms with van der Waals surface area (Å²) in [5.41, 5.74) is 3.43. The summed E-state index contributed by atoms with van der Waals surface area (Å²) < 4.78 is 12.4. The molecule has 33 heavy (non-hydrogen) atoms. The maximum Gasteiger partial charge on any atom is 0.349 e. The van der Waals surface area contributed by atoms with E-state index in [0.717, 1.165) is 11.4 Å². The Hall–Kier alpha value is -3.90. The second-order valence-electron chi connectivity index (χ2n) is 7.44. The number of benzene rings is 1. The van der Waals surface area contributed by atoms with E-state index < -0.39 is 18.0 Å². The monoisotopic (exact) mass is 452 g/mol. The second kappa shape index (κ2) is 11.6. The van der Waals surface area contributed by atoms with Crippen LogP contribution in [0.15, 0.2) is 35.9 Å². The number of hydrogen-bond donors (Lipinski definition) is 2. The Morgan fingerprint density at radius 2 is 1.76 bits per heavy atom. The summed E-state index contributed by atoms with van der Waals surface area (Å²) >= 11 is 0. The van der Waals surface area contributed by atoms with Crippen molar-refractivity contribution < 1.29 is 23.9 Å². The second-order valence-corrected chi connectivity index (χ2v) is 7.44. The number of aromatic nitrogens is 1. The van der Waals surface area contributed by atoms with Gasteiger partial charge in [-0.3, -0.25) is 9.59 Å². The smallest absolute Gasteiger partial charge is 0.349 e. The van der Waals surface area contributed by atoms with Gasteiger partial charge >= 0.3 is 5.97 Å². The van der Waals surface area contributed by atoms with E-state index >= 15 is 0 Å². The minimum Gasteiger partial charge on any atom is -0.448 e. The Labute approximate surface area is 193 Å². The summed E-state index contributed by atoms with van der Waals surface area (Å²) in [7, 11) is 1.62. The number of esters is 1. The Kier molecular flexibility index (Phi) is 8.95. The van der Waals surface area contributed by atoms with Crippen LogP contribution in [0.3, 0.4) is 0 Å². The summed E-state index contributed by atoms with van der Waals surface area (Å²) in [5.74, 6) is -1.64. The summed E-state index contributed by atoms with van der Waals surface area (Å²) in [5, 5.41) is 14.7. The van der Waals surface area contributed by atoms with Gasteiger partial charge in [0.2, 0.25) is 5.91 Å². The molecule has 0 fully saturated rings. The third kappa shape index (κ3) is 7.05. The number of hydrogen-bond acceptors (Lipinski definition) is 6. The number of rotatable bonds is 9. The molecule has 0 radical (unpaired) electrons. The summed E-state index contributed by atoms with van der Waals surface area (Å²) in [6.07, 6.45) is 0.331. The normalized spacial score (nSPS) is 11.9. The van der Waals surface area contributed by atoms with Crippen LogP contribution in [0.4, 0.5) is 11.4 Å². The number of ether oxygens (including phenoxy) is 2. The van der Waals surface area contributed by atoms with E-state index in [2.05, 4.69) is 10.6 Å². The number of anilines is 2. The first-order valence-electron chi connectivity index (χ1n) is 10.3. The molecule has 1 aromatic heterocycles. The third-order valence-electron chi connectivity index (χ3n) is 4.90. The molecule has 0 bridgehead atoms. The largest absolute Gasteiger partial charge is 0.448 e. The van der Waals surface area contributed by atoms with Crippen LogP contribution in [-0.4, -0.2) is 42.2 Å². The number of carbonyl (C=O) groups excluding carboxylic acids is 3. The predicted octanol–water partition coefficient (Wildman–Crippen LogP) is 3.19.